The fraction of sp³-hybridized carbons (Fsp3) is 0.500. The third-order valence-corrected chi connectivity index (χ3v) is 7.52. The summed E-state index contributed by atoms with van der Waals surface area (Å²) < 4.78 is 31.8. The van der Waals surface area contributed by atoms with Crippen molar-refractivity contribution in [2.45, 2.75) is 72.0 Å². The van der Waals surface area contributed by atoms with Gasteiger partial charge in [0.25, 0.3) is 0 Å². The van der Waals surface area contributed by atoms with Gasteiger partial charge in [0.1, 0.15) is 18.3 Å². The second-order valence-electron chi connectivity index (χ2n) is 10.4. The Balaban J connectivity index is 2.39. The average Bonchev–Trinajstić information content (AvgIpc) is 2.84. The normalized spacial score (nSPS) is 13.4. The highest BCUT2D eigenvalue weighted by Crippen LogP contribution is 2.26. The number of amides is 2. The number of carbonyl (C=O) groups excluding carboxylic acids is 2. The minimum Gasteiger partial charge on any atom is -0.497 e. The van der Waals surface area contributed by atoms with Crippen LogP contribution in [-0.4, -0.2) is 57.1 Å². The lowest BCUT2D eigenvalue weighted by Crippen LogP contribution is -2.52. The highest BCUT2D eigenvalue weighted by Gasteiger charge is 2.30. The van der Waals surface area contributed by atoms with Crippen LogP contribution in [0.25, 0.3) is 0 Å². The van der Waals surface area contributed by atoms with Crippen molar-refractivity contribution in [2.24, 2.45) is 0 Å². The zero-order valence-corrected chi connectivity index (χ0v) is 24.1. The van der Waals surface area contributed by atoms with Crippen molar-refractivity contribution in [2.75, 3.05) is 24.2 Å². The number of anilines is 1. The van der Waals surface area contributed by atoms with Gasteiger partial charge in [-0.05, 0) is 61.1 Å². The van der Waals surface area contributed by atoms with Gasteiger partial charge in [-0.3, -0.25) is 13.9 Å². The van der Waals surface area contributed by atoms with Crippen LogP contribution >= 0.6 is 0 Å². The number of hydrogen-bond donors (Lipinski definition) is 1. The van der Waals surface area contributed by atoms with Crippen LogP contribution in [0.3, 0.4) is 0 Å². The summed E-state index contributed by atoms with van der Waals surface area (Å²) in [4.78, 5) is 28.0. The van der Waals surface area contributed by atoms with Crippen LogP contribution in [0.1, 0.15) is 59.1 Å². The van der Waals surface area contributed by atoms with Gasteiger partial charge in [0.05, 0.1) is 19.1 Å². The zero-order chi connectivity index (χ0) is 28.0. The largest absolute Gasteiger partial charge is 0.497 e. The molecule has 1 N–H and O–H groups in total. The van der Waals surface area contributed by atoms with Crippen LogP contribution in [0, 0.1) is 0 Å². The Morgan fingerprint density at radius 2 is 1.57 bits per heavy atom. The molecule has 0 aliphatic carbocycles. The van der Waals surface area contributed by atoms with Gasteiger partial charge in [-0.15, -0.1) is 0 Å². The van der Waals surface area contributed by atoms with E-state index in [0.29, 0.717) is 11.4 Å². The first-order valence-corrected chi connectivity index (χ1v) is 14.3. The van der Waals surface area contributed by atoms with Crippen LogP contribution in [0.2, 0.25) is 0 Å². The molecule has 8 nitrogen and oxygen atoms in total. The van der Waals surface area contributed by atoms with Gasteiger partial charge in [-0.2, -0.15) is 0 Å². The number of methoxy groups -OCH3 is 1. The fourth-order valence-corrected chi connectivity index (χ4v) is 4.57. The molecular formula is C28H41N3O5S. The van der Waals surface area contributed by atoms with E-state index < -0.39 is 28.5 Å². The van der Waals surface area contributed by atoms with E-state index in [1.165, 1.54) is 4.90 Å². The van der Waals surface area contributed by atoms with Gasteiger partial charge >= 0.3 is 0 Å². The minimum atomic E-state index is -3.78. The molecule has 0 spiro atoms. The Bertz CT molecular complexity index is 1160. The molecule has 2 atom stereocenters. The molecule has 37 heavy (non-hydrogen) atoms. The molecule has 0 aliphatic rings. The first kappa shape index (κ1) is 30.2. The number of nitrogens with one attached hydrogen (secondary N) is 1. The third kappa shape index (κ3) is 8.49. The van der Waals surface area contributed by atoms with E-state index in [4.69, 9.17) is 4.74 Å². The van der Waals surface area contributed by atoms with Gasteiger partial charge in [0, 0.05) is 12.6 Å². The predicted octanol–water partition coefficient (Wildman–Crippen LogP) is 4.09. The second-order valence-corrected chi connectivity index (χ2v) is 12.3. The molecule has 0 unspecified atom stereocenters. The SMILES string of the molecule is CC[C@@H](C)NC(=O)[C@@H](C)N(Cc1ccc(OC)cc1)C(=O)CN(c1ccc(C(C)(C)C)cc1)S(C)(=O)=O. The van der Waals surface area contributed by atoms with Crippen molar-refractivity contribution >= 4 is 27.5 Å². The number of carbonyl (C=O) groups is 2. The van der Waals surface area contributed by atoms with Crippen molar-refractivity contribution < 1.29 is 22.7 Å². The van der Waals surface area contributed by atoms with E-state index in [0.717, 1.165) is 28.1 Å². The maximum absolute atomic E-state index is 13.6. The van der Waals surface area contributed by atoms with Gasteiger partial charge in [0.15, 0.2) is 0 Å². The van der Waals surface area contributed by atoms with Gasteiger partial charge in [-0.25, -0.2) is 8.42 Å². The zero-order valence-electron chi connectivity index (χ0n) is 23.2. The summed E-state index contributed by atoms with van der Waals surface area (Å²) in [6, 6.07) is 13.5. The summed E-state index contributed by atoms with van der Waals surface area (Å²) in [6.45, 7) is 11.4. The van der Waals surface area contributed by atoms with Crippen molar-refractivity contribution in [3.8, 4) is 5.75 Å². The lowest BCUT2D eigenvalue weighted by Gasteiger charge is -2.32. The molecule has 0 bridgehead atoms. The number of benzene rings is 2. The monoisotopic (exact) mass is 531 g/mol. The van der Waals surface area contributed by atoms with Crippen LogP contribution in [0.15, 0.2) is 48.5 Å². The predicted molar refractivity (Wildman–Crippen MR) is 148 cm³/mol. The molecule has 0 heterocycles. The number of nitrogens with zero attached hydrogens (tertiary/aromatic N) is 2. The topological polar surface area (TPSA) is 96.0 Å². The lowest BCUT2D eigenvalue weighted by molar-refractivity contribution is -0.139. The summed E-state index contributed by atoms with van der Waals surface area (Å²) in [6.07, 6.45) is 1.82. The molecule has 0 saturated heterocycles. The van der Waals surface area contributed by atoms with Crippen LogP contribution in [0.4, 0.5) is 5.69 Å². The van der Waals surface area contributed by atoms with E-state index in [1.807, 2.05) is 38.1 Å². The summed E-state index contributed by atoms with van der Waals surface area (Å²) in [7, 11) is -2.21. The smallest absolute Gasteiger partial charge is 0.244 e. The van der Waals surface area contributed by atoms with Crippen molar-refractivity contribution in [1.82, 2.24) is 10.2 Å². The molecule has 2 rings (SSSR count). The van der Waals surface area contributed by atoms with Crippen molar-refractivity contribution in [3.63, 3.8) is 0 Å². The highest BCUT2D eigenvalue weighted by atomic mass is 32.2. The average molecular weight is 532 g/mol. The molecule has 2 aromatic rings. The molecular weight excluding hydrogens is 490 g/mol. The Kier molecular flexibility index (Phi) is 10.1. The lowest BCUT2D eigenvalue weighted by atomic mass is 9.87. The van der Waals surface area contributed by atoms with Gasteiger partial charge in [0.2, 0.25) is 21.8 Å². The van der Waals surface area contributed by atoms with E-state index >= 15 is 0 Å². The standard InChI is InChI=1S/C28H41N3O5S/c1-9-20(2)29-27(33)21(3)30(18-22-10-16-25(36-7)17-11-22)26(32)19-31(37(8,34)35)24-14-12-23(13-15-24)28(4,5)6/h10-17,20-21H,9,18-19H2,1-8H3,(H,29,33)/t20-,21-/m1/s1. The van der Waals surface area contributed by atoms with E-state index in [2.05, 4.69) is 26.1 Å². The molecule has 0 radical (unpaired) electrons. The summed E-state index contributed by atoms with van der Waals surface area (Å²) in [5.41, 5.74) is 2.13. The Morgan fingerprint density at radius 1 is 1.00 bits per heavy atom. The van der Waals surface area contributed by atoms with Crippen molar-refractivity contribution in [1.29, 1.82) is 0 Å². The fourth-order valence-electron chi connectivity index (χ4n) is 3.72. The number of sulfonamides is 1. The molecule has 0 saturated carbocycles. The van der Waals surface area contributed by atoms with E-state index in [-0.39, 0.29) is 23.9 Å². The number of rotatable bonds is 11. The van der Waals surface area contributed by atoms with E-state index in [9.17, 15) is 18.0 Å². The molecule has 2 aromatic carbocycles. The molecule has 2 amide bonds. The second kappa shape index (κ2) is 12.4. The number of hydrogen-bond acceptors (Lipinski definition) is 5. The summed E-state index contributed by atoms with van der Waals surface area (Å²) in [5.74, 6) is -0.101. The Morgan fingerprint density at radius 3 is 2.03 bits per heavy atom. The molecule has 9 heteroatoms. The first-order chi connectivity index (χ1) is 17.2. The third-order valence-electron chi connectivity index (χ3n) is 6.38. The first-order valence-electron chi connectivity index (χ1n) is 12.5. The van der Waals surface area contributed by atoms with Gasteiger partial charge in [-0.1, -0.05) is 52.0 Å². The molecule has 0 aliphatic heterocycles. The van der Waals surface area contributed by atoms with Crippen LogP contribution < -0.4 is 14.4 Å². The van der Waals surface area contributed by atoms with Crippen LogP contribution in [0.5, 0.6) is 5.75 Å². The molecule has 0 aromatic heterocycles. The maximum atomic E-state index is 13.6. The summed E-state index contributed by atoms with van der Waals surface area (Å²) >= 11 is 0. The Labute approximate surface area is 222 Å². The highest BCUT2D eigenvalue weighted by molar-refractivity contribution is 7.92. The van der Waals surface area contributed by atoms with Crippen molar-refractivity contribution in [3.05, 3.63) is 59.7 Å². The maximum Gasteiger partial charge on any atom is 0.244 e. The number of ether oxygens (including phenoxy) is 1. The van der Waals surface area contributed by atoms with Crippen LogP contribution in [-0.2, 0) is 31.6 Å². The quantitative estimate of drug-likeness (QED) is 0.471. The Hall–Kier alpha value is -3.07. The van der Waals surface area contributed by atoms with Gasteiger partial charge < -0.3 is 15.0 Å². The summed E-state index contributed by atoms with van der Waals surface area (Å²) in [5, 5.41) is 2.92. The molecule has 204 valence electrons. The minimum absolute atomic E-state index is 0.0539. The molecule has 0 fully saturated rings. The van der Waals surface area contributed by atoms with E-state index in [1.54, 1.807) is 38.3 Å².